The summed E-state index contributed by atoms with van der Waals surface area (Å²) < 4.78 is 0. The molecule has 0 radical (unpaired) electrons. The van der Waals surface area contributed by atoms with Crippen molar-refractivity contribution < 1.29 is 14.4 Å². The van der Waals surface area contributed by atoms with Crippen LogP contribution in [0.25, 0.3) is 0 Å². The summed E-state index contributed by atoms with van der Waals surface area (Å²) in [5.74, 6) is -0.314. The Kier molecular flexibility index (Phi) is 7.17. The first-order chi connectivity index (χ1) is 14.6. The van der Waals surface area contributed by atoms with E-state index in [-0.39, 0.29) is 49.4 Å². The average molecular weight is 404 g/mol. The Hall–Kier alpha value is -3.66. The minimum absolute atomic E-state index is 0.0321. The van der Waals surface area contributed by atoms with E-state index in [9.17, 15) is 14.4 Å². The number of hydrogen-bond acceptors (Lipinski definition) is 4. The molecule has 3 rings (SSSR count). The van der Waals surface area contributed by atoms with Gasteiger partial charge in [0.1, 0.15) is 0 Å². The lowest BCUT2D eigenvalue weighted by atomic mass is 10.2. The van der Waals surface area contributed by atoms with Crippen molar-refractivity contribution in [2.45, 2.75) is 32.1 Å². The minimum atomic E-state index is -0.272. The molecule has 2 aromatic rings. The first kappa shape index (κ1) is 21.1. The molecule has 0 aromatic heterocycles. The van der Waals surface area contributed by atoms with E-state index >= 15 is 0 Å². The van der Waals surface area contributed by atoms with Gasteiger partial charge in [-0.2, -0.15) is 5.26 Å². The fraction of sp³-hybridized carbons (Fsp3) is 0.304. The summed E-state index contributed by atoms with van der Waals surface area (Å²) in [6.07, 6.45) is 2.18. The highest BCUT2D eigenvalue weighted by Crippen LogP contribution is 2.30. The Labute approximate surface area is 175 Å². The average Bonchev–Trinajstić information content (AvgIpc) is 3.60. The van der Waals surface area contributed by atoms with E-state index in [1.165, 1.54) is 4.90 Å². The fourth-order valence-corrected chi connectivity index (χ4v) is 2.97. The number of nitrogens with one attached hydrogen (secondary N) is 2. The molecule has 30 heavy (non-hydrogen) atoms. The predicted molar refractivity (Wildman–Crippen MR) is 115 cm³/mol. The summed E-state index contributed by atoms with van der Waals surface area (Å²) in [6, 6.07) is 18.1. The largest absolute Gasteiger partial charge is 0.326 e. The molecule has 1 fully saturated rings. The van der Waals surface area contributed by atoms with Gasteiger partial charge >= 0.3 is 0 Å². The third kappa shape index (κ3) is 6.17. The topological polar surface area (TPSA) is 102 Å². The van der Waals surface area contributed by atoms with Gasteiger partial charge in [0.25, 0.3) is 0 Å². The Morgan fingerprint density at radius 2 is 1.57 bits per heavy atom. The van der Waals surface area contributed by atoms with Gasteiger partial charge in [0, 0.05) is 42.4 Å². The molecular formula is C23H24N4O3. The molecule has 0 aliphatic heterocycles. The number of hydrogen-bond donors (Lipinski definition) is 2. The van der Waals surface area contributed by atoms with Crippen LogP contribution in [0.15, 0.2) is 54.6 Å². The van der Waals surface area contributed by atoms with Crippen LogP contribution in [0.5, 0.6) is 0 Å². The molecule has 0 bridgehead atoms. The van der Waals surface area contributed by atoms with Crippen LogP contribution in [0.3, 0.4) is 0 Å². The third-order valence-corrected chi connectivity index (χ3v) is 4.77. The van der Waals surface area contributed by atoms with Crippen LogP contribution in [0.4, 0.5) is 17.1 Å². The maximum Gasteiger partial charge on any atom is 0.227 e. The van der Waals surface area contributed by atoms with Crippen molar-refractivity contribution in [2.75, 3.05) is 22.1 Å². The summed E-state index contributed by atoms with van der Waals surface area (Å²) >= 11 is 0. The van der Waals surface area contributed by atoms with E-state index in [0.29, 0.717) is 17.1 Å². The number of carbonyl (C=O) groups excluding carboxylic acids is 3. The van der Waals surface area contributed by atoms with E-state index in [4.69, 9.17) is 5.26 Å². The third-order valence-electron chi connectivity index (χ3n) is 4.77. The van der Waals surface area contributed by atoms with Crippen LogP contribution in [0, 0.1) is 17.2 Å². The zero-order valence-electron chi connectivity index (χ0n) is 16.6. The summed E-state index contributed by atoms with van der Waals surface area (Å²) in [4.78, 5) is 38.2. The number of rotatable bonds is 9. The highest BCUT2D eigenvalue weighted by molar-refractivity contribution is 5.98. The normalized spacial score (nSPS) is 12.5. The minimum Gasteiger partial charge on any atom is -0.326 e. The highest BCUT2D eigenvalue weighted by atomic mass is 16.2. The maximum atomic E-state index is 12.6. The molecule has 7 heteroatoms. The smallest absolute Gasteiger partial charge is 0.227 e. The monoisotopic (exact) mass is 404 g/mol. The number of anilines is 3. The van der Waals surface area contributed by atoms with Crippen molar-refractivity contribution in [3.63, 3.8) is 0 Å². The number of para-hydroxylation sites is 1. The van der Waals surface area contributed by atoms with Gasteiger partial charge < -0.3 is 15.5 Å². The molecule has 0 spiro atoms. The predicted octanol–water partition coefficient (Wildman–Crippen LogP) is 3.70. The molecular weight excluding hydrogens is 380 g/mol. The van der Waals surface area contributed by atoms with Crippen molar-refractivity contribution in [3.8, 4) is 6.07 Å². The van der Waals surface area contributed by atoms with Gasteiger partial charge in [-0.25, -0.2) is 0 Å². The fourth-order valence-electron chi connectivity index (χ4n) is 2.97. The molecule has 2 aromatic carbocycles. The molecule has 0 unspecified atom stereocenters. The first-order valence-electron chi connectivity index (χ1n) is 10.00. The summed E-state index contributed by atoms with van der Waals surface area (Å²) in [7, 11) is 0. The van der Waals surface area contributed by atoms with E-state index in [1.54, 1.807) is 36.4 Å². The summed E-state index contributed by atoms with van der Waals surface area (Å²) in [5.41, 5.74) is 2.00. The zero-order valence-corrected chi connectivity index (χ0v) is 16.6. The number of nitriles is 1. The summed E-state index contributed by atoms with van der Waals surface area (Å²) in [5, 5.41) is 14.5. The lowest BCUT2D eigenvalue weighted by molar-refractivity contribution is -0.122. The van der Waals surface area contributed by atoms with Crippen molar-refractivity contribution in [2.24, 2.45) is 5.92 Å². The standard InChI is InChI=1S/C23H24N4O3/c24-15-4-16-27(20-5-2-1-3-6-20)22(29)14-13-21(28)25-18-9-11-19(12-10-18)26-23(30)17-7-8-17/h1-3,5-6,9-12,17H,4,7-8,13-14,16H2,(H,25,28)(H,26,30). The number of nitrogens with zero attached hydrogens (tertiary/aromatic N) is 2. The van der Waals surface area contributed by atoms with Crippen LogP contribution in [0.1, 0.15) is 32.1 Å². The summed E-state index contributed by atoms with van der Waals surface area (Å²) in [6.45, 7) is 0.287. The SMILES string of the molecule is N#CCCN(C(=O)CCC(=O)Nc1ccc(NC(=O)C2CC2)cc1)c1ccccc1. The van der Waals surface area contributed by atoms with Crippen LogP contribution in [0.2, 0.25) is 0 Å². The second kappa shape index (κ2) is 10.2. The quantitative estimate of drug-likeness (QED) is 0.665. The van der Waals surface area contributed by atoms with E-state index in [2.05, 4.69) is 10.6 Å². The molecule has 154 valence electrons. The highest BCUT2D eigenvalue weighted by Gasteiger charge is 2.29. The molecule has 1 aliphatic rings. The molecule has 0 saturated heterocycles. The Bertz CT molecular complexity index is 931. The van der Waals surface area contributed by atoms with Gasteiger partial charge in [-0.05, 0) is 49.2 Å². The maximum absolute atomic E-state index is 12.6. The number of amides is 3. The molecule has 1 saturated carbocycles. The van der Waals surface area contributed by atoms with Crippen molar-refractivity contribution in [1.82, 2.24) is 0 Å². The van der Waals surface area contributed by atoms with Crippen LogP contribution in [-0.2, 0) is 14.4 Å². The van der Waals surface area contributed by atoms with Gasteiger partial charge in [0.15, 0.2) is 0 Å². The van der Waals surface area contributed by atoms with Gasteiger partial charge in [0.2, 0.25) is 17.7 Å². The van der Waals surface area contributed by atoms with Crippen molar-refractivity contribution >= 4 is 34.8 Å². The van der Waals surface area contributed by atoms with Gasteiger partial charge in [-0.1, -0.05) is 18.2 Å². The van der Waals surface area contributed by atoms with Crippen molar-refractivity contribution in [1.29, 1.82) is 5.26 Å². The lowest BCUT2D eigenvalue weighted by Gasteiger charge is -2.21. The van der Waals surface area contributed by atoms with Gasteiger partial charge in [0.05, 0.1) is 12.5 Å². The van der Waals surface area contributed by atoms with Crippen molar-refractivity contribution in [3.05, 3.63) is 54.6 Å². The number of benzene rings is 2. The second-order valence-corrected chi connectivity index (χ2v) is 7.18. The lowest BCUT2D eigenvalue weighted by Crippen LogP contribution is -2.32. The van der Waals surface area contributed by atoms with E-state index in [0.717, 1.165) is 12.8 Å². The second-order valence-electron chi connectivity index (χ2n) is 7.18. The van der Waals surface area contributed by atoms with Crippen LogP contribution < -0.4 is 15.5 Å². The first-order valence-corrected chi connectivity index (χ1v) is 10.00. The van der Waals surface area contributed by atoms with E-state index in [1.807, 2.05) is 24.3 Å². The molecule has 1 aliphatic carbocycles. The molecule has 3 amide bonds. The van der Waals surface area contributed by atoms with Gasteiger partial charge in [-0.15, -0.1) is 0 Å². The Morgan fingerprint density at radius 1 is 0.933 bits per heavy atom. The number of carbonyl (C=O) groups is 3. The molecule has 0 heterocycles. The Balaban J connectivity index is 1.49. The Morgan fingerprint density at radius 3 is 2.17 bits per heavy atom. The van der Waals surface area contributed by atoms with Crippen LogP contribution in [-0.4, -0.2) is 24.3 Å². The molecule has 2 N–H and O–H groups in total. The molecule has 0 atom stereocenters. The molecule has 7 nitrogen and oxygen atoms in total. The zero-order chi connectivity index (χ0) is 21.3. The van der Waals surface area contributed by atoms with Gasteiger partial charge in [-0.3, -0.25) is 14.4 Å². The van der Waals surface area contributed by atoms with E-state index < -0.39 is 0 Å². The van der Waals surface area contributed by atoms with Crippen LogP contribution >= 0.6 is 0 Å².